The Morgan fingerprint density at radius 3 is 1.42 bits per heavy atom. The maximum absolute atomic E-state index is 13.5. The summed E-state index contributed by atoms with van der Waals surface area (Å²) in [5.74, 6) is 2.10. The van der Waals surface area contributed by atoms with Crippen LogP contribution in [-0.4, -0.2) is 55.0 Å². The Morgan fingerprint density at radius 2 is 1.02 bits per heavy atom. The van der Waals surface area contributed by atoms with Crippen LogP contribution in [0.2, 0.25) is 0 Å². The summed E-state index contributed by atoms with van der Waals surface area (Å²) in [6.07, 6.45) is 4.56. The van der Waals surface area contributed by atoms with E-state index in [1.54, 1.807) is 9.80 Å². The maximum Gasteiger partial charge on any atom is 0.254 e. The van der Waals surface area contributed by atoms with Crippen molar-refractivity contribution in [3.63, 3.8) is 0 Å². The first-order valence-corrected chi connectivity index (χ1v) is 16.5. The van der Waals surface area contributed by atoms with Gasteiger partial charge in [0.15, 0.2) is 11.6 Å². The van der Waals surface area contributed by atoms with Gasteiger partial charge in [-0.2, -0.15) is 9.97 Å². The zero-order chi connectivity index (χ0) is 32.5. The molecule has 2 aliphatic rings. The number of carbonyl (C=O) groups is 2. The molecular formula is C38H34N6O4. The molecule has 2 atom stereocenters. The molecule has 6 aromatic rings. The number of nitrogens with zero attached hydrogens (tertiary/aromatic N) is 6. The lowest BCUT2D eigenvalue weighted by Crippen LogP contribution is -2.45. The molecule has 240 valence electrons. The van der Waals surface area contributed by atoms with Crippen LogP contribution in [0.15, 0.2) is 106 Å². The summed E-state index contributed by atoms with van der Waals surface area (Å²) in [5.41, 5.74) is 3.60. The Morgan fingerprint density at radius 1 is 0.583 bits per heavy atom. The van der Waals surface area contributed by atoms with Crippen molar-refractivity contribution in [3.8, 4) is 0 Å². The lowest BCUT2D eigenvalue weighted by Gasteiger charge is -2.38. The highest BCUT2D eigenvalue weighted by atomic mass is 16.5. The molecule has 2 saturated heterocycles. The van der Waals surface area contributed by atoms with Crippen LogP contribution in [0.3, 0.4) is 0 Å². The Balaban J connectivity index is 0.899. The molecule has 48 heavy (non-hydrogen) atoms. The first-order chi connectivity index (χ1) is 23.6. The Kier molecular flexibility index (Phi) is 7.97. The van der Waals surface area contributed by atoms with Crippen molar-refractivity contribution in [2.75, 3.05) is 13.1 Å². The SMILES string of the molecule is O=C(c1ccc2cc(C(=O)N3CC[C@H]3c3nc(CCc4ccccc4)no3)ccc2c1)N1CC[C@H]1c1nc(CCc2ccccc2)no1. The van der Waals surface area contributed by atoms with Crippen molar-refractivity contribution >= 4 is 22.6 Å². The van der Waals surface area contributed by atoms with E-state index in [1.165, 1.54) is 11.1 Å². The first kappa shape index (κ1) is 29.7. The van der Waals surface area contributed by atoms with Gasteiger partial charge in [-0.05, 0) is 71.8 Å². The van der Waals surface area contributed by atoms with Gasteiger partial charge in [0.25, 0.3) is 11.8 Å². The minimum Gasteiger partial charge on any atom is -0.337 e. The Labute approximate surface area is 277 Å². The molecule has 10 nitrogen and oxygen atoms in total. The first-order valence-electron chi connectivity index (χ1n) is 16.5. The number of likely N-dealkylation sites (tertiary alicyclic amines) is 2. The van der Waals surface area contributed by atoms with E-state index < -0.39 is 0 Å². The van der Waals surface area contributed by atoms with Gasteiger partial charge in [-0.25, -0.2) is 0 Å². The number of hydrogen-bond acceptors (Lipinski definition) is 8. The van der Waals surface area contributed by atoms with E-state index in [4.69, 9.17) is 9.05 Å². The summed E-state index contributed by atoms with van der Waals surface area (Å²) in [4.78, 5) is 39.8. The molecule has 0 bridgehead atoms. The third kappa shape index (κ3) is 5.97. The molecule has 0 saturated carbocycles. The number of amides is 2. The lowest BCUT2D eigenvalue weighted by atomic mass is 9.97. The molecule has 8 rings (SSSR count). The van der Waals surface area contributed by atoms with E-state index in [0.29, 0.717) is 60.5 Å². The number of aryl methyl sites for hydroxylation is 4. The number of aromatic nitrogens is 4. The smallest absolute Gasteiger partial charge is 0.254 e. The Hall–Kier alpha value is -5.64. The van der Waals surface area contributed by atoms with E-state index in [0.717, 1.165) is 36.5 Å². The van der Waals surface area contributed by atoms with Crippen molar-refractivity contribution in [1.82, 2.24) is 30.1 Å². The normalized spacial score (nSPS) is 17.2. The van der Waals surface area contributed by atoms with Crippen LogP contribution in [0.5, 0.6) is 0 Å². The maximum atomic E-state index is 13.5. The minimum absolute atomic E-state index is 0.0801. The summed E-state index contributed by atoms with van der Waals surface area (Å²) >= 11 is 0. The summed E-state index contributed by atoms with van der Waals surface area (Å²) in [6.45, 7) is 1.25. The molecule has 2 amide bonds. The van der Waals surface area contributed by atoms with Crippen LogP contribution in [-0.2, 0) is 25.7 Å². The summed E-state index contributed by atoms with van der Waals surface area (Å²) < 4.78 is 11.1. The van der Waals surface area contributed by atoms with Gasteiger partial charge in [0.1, 0.15) is 12.1 Å². The molecule has 0 unspecified atom stereocenters. The van der Waals surface area contributed by atoms with Gasteiger partial charge in [0.2, 0.25) is 11.8 Å². The average Bonchev–Trinajstić information content (AvgIpc) is 3.75. The van der Waals surface area contributed by atoms with E-state index in [9.17, 15) is 9.59 Å². The van der Waals surface area contributed by atoms with Crippen molar-refractivity contribution in [2.45, 2.75) is 50.6 Å². The van der Waals surface area contributed by atoms with Crippen LogP contribution in [0.25, 0.3) is 10.8 Å². The molecule has 4 heterocycles. The predicted molar refractivity (Wildman–Crippen MR) is 177 cm³/mol. The number of carbonyl (C=O) groups excluding carboxylic acids is 2. The van der Waals surface area contributed by atoms with Crippen molar-refractivity contribution in [2.24, 2.45) is 0 Å². The van der Waals surface area contributed by atoms with Crippen LogP contribution in [0.1, 0.15) is 80.2 Å². The van der Waals surface area contributed by atoms with Gasteiger partial charge in [-0.15, -0.1) is 0 Å². The van der Waals surface area contributed by atoms with Crippen LogP contribution in [0, 0.1) is 0 Å². The van der Waals surface area contributed by atoms with E-state index >= 15 is 0 Å². The number of fused-ring (bicyclic) bond motifs is 1. The molecule has 2 aliphatic heterocycles. The van der Waals surface area contributed by atoms with Crippen molar-refractivity contribution < 1.29 is 18.6 Å². The third-order valence-corrected chi connectivity index (χ3v) is 9.39. The highest BCUT2D eigenvalue weighted by Crippen LogP contribution is 2.36. The lowest BCUT2D eigenvalue weighted by molar-refractivity contribution is 0.0374. The van der Waals surface area contributed by atoms with E-state index in [-0.39, 0.29) is 23.9 Å². The second kappa shape index (κ2) is 12.9. The molecule has 0 spiro atoms. The van der Waals surface area contributed by atoms with Gasteiger partial charge in [0, 0.05) is 37.1 Å². The predicted octanol–water partition coefficient (Wildman–Crippen LogP) is 6.35. The Bertz CT molecular complexity index is 1930. The van der Waals surface area contributed by atoms with Crippen molar-refractivity contribution in [1.29, 1.82) is 0 Å². The quantitative estimate of drug-likeness (QED) is 0.170. The van der Waals surface area contributed by atoms with Crippen molar-refractivity contribution in [3.05, 3.63) is 143 Å². The fraction of sp³-hybridized carbons (Fsp3) is 0.263. The van der Waals surface area contributed by atoms with Crippen LogP contribution < -0.4 is 0 Å². The molecule has 0 aliphatic carbocycles. The summed E-state index contributed by atoms with van der Waals surface area (Å²) in [5, 5.41) is 10.1. The average molecular weight is 639 g/mol. The van der Waals surface area contributed by atoms with Gasteiger partial charge in [-0.1, -0.05) is 83.1 Å². The number of rotatable bonds is 10. The van der Waals surface area contributed by atoms with Gasteiger partial charge >= 0.3 is 0 Å². The standard InChI is InChI=1S/C38H34N6O4/c45-37(43-21-19-31(43)35-39-33(41-47-35)17-11-25-7-3-1-4-8-25)29-15-13-28-24-30(16-14-27(28)23-29)38(46)44-22-20-32(44)36-40-34(42-48-36)18-12-26-9-5-2-6-10-26/h1-10,13-16,23-24,31-32H,11-12,17-22H2/t31-,32-/m0/s1. The number of hydrogen-bond donors (Lipinski definition) is 0. The molecular weight excluding hydrogens is 604 g/mol. The topological polar surface area (TPSA) is 118 Å². The largest absolute Gasteiger partial charge is 0.337 e. The molecule has 2 aromatic heterocycles. The molecule has 10 heteroatoms. The van der Waals surface area contributed by atoms with Gasteiger partial charge < -0.3 is 18.8 Å². The van der Waals surface area contributed by atoms with Gasteiger partial charge in [0.05, 0.1) is 0 Å². The fourth-order valence-electron chi connectivity index (χ4n) is 6.43. The zero-order valence-electron chi connectivity index (χ0n) is 26.4. The molecule has 0 radical (unpaired) electrons. The van der Waals surface area contributed by atoms with Crippen LogP contribution in [0.4, 0.5) is 0 Å². The fourth-order valence-corrected chi connectivity index (χ4v) is 6.43. The zero-order valence-corrected chi connectivity index (χ0v) is 26.4. The summed E-state index contributed by atoms with van der Waals surface area (Å²) in [6, 6.07) is 31.1. The number of benzene rings is 4. The van der Waals surface area contributed by atoms with Crippen LogP contribution >= 0.6 is 0 Å². The third-order valence-electron chi connectivity index (χ3n) is 9.39. The summed E-state index contributed by atoms with van der Waals surface area (Å²) in [7, 11) is 0. The molecule has 0 N–H and O–H groups in total. The molecule has 4 aromatic carbocycles. The highest BCUT2D eigenvalue weighted by molar-refractivity contribution is 6.02. The second-order valence-corrected chi connectivity index (χ2v) is 12.5. The van der Waals surface area contributed by atoms with E-state index in [1.807, 2.05) is 72.8 Å². The highest BCUT2D eigenvalue weighted by Gasteiger charge is 2.39. The minimum atomic E-state index is -0.227. The molecule has 2 fully saturated rings. The monoisotopic (exact) mass is 638 g/mol. The second-order valence-electron chi connectivity index (χ2n) is 12.5. The van der Waals surface area contributed by atoms with Gasteiger partial charge in [-0.3, -0.25) is 9.59 Å². The van der Waals surface area contributed by atoms with E-state index in [2.05, 4.69) is 44.5 Å².